The fourth-order valence-electron chi connectivity index (χ4n) is 2.81. The van der Waals surface area contributed by atoms with Crippen LogP contribution in [0, 0.1) is 11.3 Å². The van der Waals surface area contributed by atoms with Crippen LogP contribution in [0.15, 0.2) is 24.3 Å². The predicted molar refractivity (Wildman–Crippen MR) is 97.8 cm³/mol. The van der Waals surface area contributed by atoms with Gasteiger partial charge in [0.15, 0.2) is 0 Å². The molecule has 0 radical (unpaired) electrons. The lowest BCUT2D eigenvalue weighted by molar-refractivity contribution is 0.00857. The van der Waals surface area contributed by atoms with Crippen LogP contribution in [0.2, 0.25) is 0 Å². The third-order valence-corrected chi connectivity index (χ3v) is 5.88. The maximum atomic E-state index is 12.8. The molecule has 0 unspecified atom stereocenters. The van der Waals surface area contributed by atoms with Gasteiger partial charge in [-0.25, -0.2) is 13.2 Å². The molecule has 0 saturated carbocycles. The van der Waals surface area contributed by atoms with Crippen molar-refractivity contribution >= 4 is 16.1 Å². The Hall–Kier alpha value is -2.11. The zero-order valence-corrected chi connectivity index (χ0v) is 16.4. The van der Waals surface area contributed by atoms with E-state index in [1.54, 1.807) is 56.9 Å². The molecule has 0 N–H and O–H groups in total. The third kappa shape index (κ3) is 4.96. The SMILES string of the molecule is C[C@@H]1CN(S(=O)(=O)Cc2ccccc2C#N)CCN1C(=O)OC(C)(C)C. The molecule has 0 aliphatic carbocycles. The van der Waals surface area contributed by atoms with E-state index in [0.29, 0.717) is 11.1 Å². The zero-order chi connectivity index (χ0) is 19.5. The van der Waals surface area contributed by atoms with E-state index in [1.807, 2.05) is 6.07 Å². The Bertz CT molecular complexity index is 808. The molecule has 26 heavy (non-hydrogen) atoms. The number of sulfonamides is 1. The Balaban J connectivity index is 2.07. The van der Waals surface area contributed by atoms with E-state index >= 15 is 0 Å². The van der Waals surface area contributed by atoms with Crippen molar-refractivity contribution in [1.29, 1.82) is 5.26 Å². The molecule has 0 aromatic heterocycles. The predicted octanol–water partition coefficient (Wildman–Crippen LogP) is 2.33. The first-order valence-electron chi connectivity index (χ1n) is 8.49. The van der Waals surface area contributed by atoms with Crippen LogP contribution >= 0.6 is 0 Å². The maximum Gasteiger partial charge on any atom is 0.410 e. The number of piperazine rings is 1. The summed E-state index contributed by atoms with van der Waals surface area (Å²) in [6.07, 6.45) is -0.433. The molecule has 1 aliphatic rings. The molecular weight excluding hydrogens is 354 g/mol. The van der Waals surface area contributed by atoms with Crippen molar-refractivity contribution in [3.63, 3.8) is 0 Å². The van der Waals surface area contributed by atoms with Crippen molar-refractivity contribution in [2.45, 2.75) is 45.1 Å². The van der Waals surface area contributed by atoms with Gasteiger partial charge >= 0.3 is 6.09 Å². The van der Waals surface area contributed by atoms with Gasteiger partial charge < -0.3 is 9.64 Å². The van der Waals surface area contributed by atoms with Gasteiger partial charge in [-0.2, -0.15) is 9.57 Å². The number of benzene rings is 1. The van der Waals surface area contributed by atoms with Crippen LogP contribution in [0.25, 0.3) is 0 Å². The summed E-state index contributed by atoms with van der Waals surface area (Å²) in [6.45, 7) is 7.87. The highest BCUT2D eigenvalue weighted by atomic mass is 32.2. The van der Waals surface area contributed by atoms with Gasteiger partial charge in [0.1, 0.15) is 5.60 Å². The highest BCUT2D eigenvalue weighted by molar-refractivity contribution is 7.88. The number of ether oxygens (including phenoxy) is 1. The second-order valence-electron chi connectivity index (χ2n) is 7.41. The monoisotopic (exact) mass is 379 g/mol. The highest BCUT2D eigenvalue weighted by Crippen LogP contribution is 2.20. The van der Waals surface area contributed by atoms with E-state index in [1.165, 1.54) is 4.31 Å². The van der Waals surface area contributed by atoms with Crippen LogP contribution in [0.5, 0.6) is 0 Å². The van der Waals surface area contributed by atoms with Crippen LogP contribution in [-0.4, -0.2) is 55.0 Å². The number of carbonyl (C=O) groups excluding carboxylic acids is 1. The van der Waals surface area contributed by atoms with Crippen molar-refractivity contribution in [2.24, 2.45) is 0 Å². The quantitative estimate of drug-likeness (QED) is 0.804. The zero-order valence-electron chi connectivity index (χ0n) is 15.6. The molecule has 1 heterocycles. The van der Waals surface area contributed by atoms with Crippen molar-refractivity contribution in [1.82, 2.24) is 9.21 Å². The van der Waals surface area contributed by atoms with Crippen LogP contribution in [0.1, 0.15) is 38.8 Å². The summed E-state index contributed by atoms with van der Waals surface area (Å²) in [5.41, 5.74) is 0.245. The molecule has 1 fully saturated rings. The van der Waals surface area contributed by atoms with Gasteiger partial charge in [0, 0.05) is 25.7 Å². The lowest BCUT2D eigenvalue weighted by atomic mass is 10.1. The van der Waals surface area contributed by atoms with Gasteiger partial charge in [0.25, 0.3) is 0 Å². The second kappa shape index (κ2) is 7.64. The largest absolute Gasteiger partial charge is 0.444 e. The minimum atomic E-state index is -3.58. The average molecular weight is 379 g/mol. The number of hydrogen-bond donors (Lipinski definition) is 0. The van der Waals surface area contributed by atoms with E-state index < -0.39 is 21.7 Å². The number of carbonyl (C=O) groups is 1. The first-order chi connectivity index (χ1) is 12.0. The van der Waals surface area contributed by atoms with Crippen LogP contribution in [-0.2, 0) is 20.5 Å². The molecule has 8 heteroatoms. The second-order valence-corrected chi connectivity index (χ2v) is 9.37. The molecular formula is C18H25N3O4S. The summed E-state index contributed by atoms with van der Waals surface area (Å²) in [5.74, 6) is -0.226. The standard InChI is InChI=1S/C18H25N3O4S/c1-14-12-20(9-10-21(14)17(22)25-18(2,3)4)26(23,24)13-16-8-6-5-7-15(16)11-19/h5-8,14H,9-10,12-13H2,1-4H3/t14-/m1/s1. The molecule has 1 amide bonds. The van der Waals surface area contributed by atoms with Gasteiger partial charge in [-0.05, 0) is 39.3 Å². The molecule has 1 aromatic carbocycles. The van der Waals surface area contributed by atoms with Gasteiger partial charge in [-0.15, -0.1) is 0 Å². The van der Waals surface area contributed by atoms with E-state index in [-0.39, 0.29) is 31.4 Å². The van der Waals surface area contributed by atoms with Gasteiger partial charge in [0.2, 0.25) is 10.0 Å². The molecule has 2 rings (SSSR count). The van der Waals surface area contributed by atoms with Crippen LogP contribution < -0.4 is 0 Å². The molecule has 0 spiro atoms. The summed E-state index contributed by atoms with van der Waals surface area (Å²) in [4.78, 5) is 13.8. The summed E-state index contributed by atoms with van der Waals surface area (Å²) >= 11 is 0. The Morgan fingerprint density at radius 2 is 1.96 bits per heavy atom. The molecule has 142 valence electrons. The normalized spacial score (nSPS) is 19.0. The van der Waals surface area contributed by atoms with Crippen LogP contribution in [0.3, 0.4) is 0 Å². The Kier molecular flexibility index (Phi) is 5.94. The molecule has 0 bridgehead atoms. The summed E-state index contributed by atoms with van der Waals surface area (Å²) < 4.78 is 32.3. The van der Waals surface area contributed by atoms with Gasteiger partial charge in [-0.1, -0.05) is 18.2 Å². The minimum Gasteiger partial charge on any atom is -0.444 e. The van der Waals surface area contributed by atoms with E-state index in [9.17, 15) is 13.2 Å². The first-order valence-corrected chi connectivity index (χ1v) is 10.1. The molecule has 1 atom stereocenters. The minimum absolute atomic E-state index is 0.205. The smallest absolute Gasteiger partial charge is 0.410 e. The number of amides is 1. The van der Waals surface area contributed by atoms with Crippen molar-refractivity contribution in [3.8, 4) is 6.07 Å². The summed E-state index contributed by atoms with van der Waals surface area (Å²) in [5, 5.41) is 9.14. The molecule has 1 aromatic rings. The number of nitrogens with zero attached hydrogens (tertiary/aromatic N) is 3. The number of hydrogen-bond acceptors (Lipinski definition) is 5. The highest BCUT2D eigenvalue weighted by Gasteiger charge is 2.35. The summed E-state index contributed by atoms with van der Waals surface area (Å²) in [6, 6.07) is 8.41. The fourth-order valence-corrected chi connectivity index (χ4v) is 4.44. The maximum absolute atomic E-state index is 12.8. The lowest BCUT2D eigenvalue weighted by Crippen LogP contribution is -2.56. The van der Waals surface area contributed by atoms with E-state index in [0.717, 1.165) is 0 Å². The van der Waals surface area contributed by atoms with E-state index in [4.69, 9.17) is 10.00 Å². The Labute approximate surface area is 155 Å². The van der Waals surface area contributed by atoms with E-state index in [2.05, 4.69) is 0 Å². The third-order valence-electron chi connectivity index (χ3n) is 4.09. The molecule has 1 aliphatic heterocycles. The number of nitriles is 1. The lowest BCUT2D eigenvalue weighted by Gasteiger charge is -2.39. The average Bonchev–Trinajstić information content (AvgIpc) is 2.53. The van der Waals surface area contributed by atoms with Crippen molar-refractivity contribution < 1.29 is 17.9 Å². The van der Waals surface area contributed by atoms with Crippen LogP contribution in [0.4, 0.5) is 4.79 Å². The van der Waals surface area contributed by atoms with Crippen molar-refractivity contribution in [3.05, 3.63) is 35.4 Å². The Morgan fingerprint density at radius 3 is 2.54 bits per heavy atom. The summed E-state index contributed by atoms with van der Waals surface area (Å²) in [7, 11) is -3.58. The van der Waals surface area contributed by atoms with Crippen molar-refractivity contribution in [2.75, 3.05) is 19.6 Å². The molecule has 1 saturated heterocycles. The van der Waals surface area contributed by atoms with Gasteiger partial charge in [-0.3, -0.25) is 0 Å². The number of rotatable bonds is 3. The first kappa shape index (κ1) is 20.2. The van der Waals surface area contributed by atoms with Gasteiger partial charge in [0.05, 0.1) is 17.4 Å². The fraction of sp³-hybridized carbons (Fsp3) is 0.556. The molecule has 7 nitrogen and oxygen atoms in total. The Morgan fingerprint density at radius 1 is 1.31 bits per heavy atom. The topological polar surface area (TPSA) is 90.7 Å².